The largest absolute Gasteiger partial charge is 0.416 e. The van der Waals surface area contributed by atoms with Crippen LogP contribution in [0.4, 0.5) is 13.2 Å². The van der Waals surface area contributed by atoms with Crippen molar-refractivity contribution in [3.63, 3.8) is 0 Å². The van der Waals surface area contributed by atoms with Crippen molar-refractivity contribution in [2.75, 3.05) is 13.1 Å². The first-order valence-electron chi connectivity index (χ1n) is 6.15. The molecule has 1 aromatic rings. The molecule has 0 saturated carbocycles. The van der Waals surface area contributed by atoms with Gasteiger partial charge in [-0.3, -0.25) is 4.90 Å². The molecular formula is C14H17F3N2. The molecule has 19 heavy (non-hydrogen) atoms. The van der Waals surface area contributed by atoms with Crippen molar-refractivity contribution in [3.8, 4) is 6.07 Å². The maximum absolute atomic E-state index is 12.4. The zero-order chi connectivity index (χ0) is 14.5. The van der Waals surface area contributed by atoms with Gasteiger partial charge in [-0.15, -0.1) is 0 Å². The van der Waals surface area contributed by atoms with Crippen LogP contribution in [0, 0.1) is 17.2 Å². The van der Waals surface area contributed by atoms with Gasteiger partial charge in [0.1, 0.15) is 0 Å². The van der Waals surface area contributed by atoms with Gasteiger partial charge in [0.2, 0.25) is 0 Å². The van der Waals surface area contributed by atoms with Gasteiger partial charge in [0, 0.05) is 13.1 Å². The number of hydrogen-bond acceptors (Lipinski definition) is 2. The summed E-state index contributed by atoms with van der Waals surface area (Å²) < 4.78 is 37.3. The summed E-state index contributed by atoms with van der Waals surface area (Å²) in [4.78, 5) is 2.04. The highest BCUT2D eigenvalue weighted by Gasteiger charge is 2.29. The third-order valence-corrected chi connectivity index (χ3v) is 2.89. The Kier molecular flexibility index (Phi) is 5.37. The summed E-state index contributed by atoms with van der Waals surface area (Å²) in [6.07, 6.45) is -4.29. The van der Waals surface area contributed by atoms with Crippen LogP contribution in [0.3, 0.4) is 0 Å². The molecule has 0 spiro atoms. The second-order valence-electron chi connectivity index (χ2n) is 4.55. The van der Waals surface area contributed by atoms with E-state index < -0.39 is 11.7 Å². The first kappa shape index (κ1) is 15.5. The number of nitrogens with zero attached hydrogens (tertiary/aromatic N) is 2. The van der Waals surface area contributed by atoms with E-state index in [9.17, 15) is 13.2 Å². The van der Waals surface area contributed by atoms with E-state index >= 15 is 0 Å². The molecule has 104 valence electrons. The Labute approximate surface area is 111 Å². The van der Waals surface area contributed by atoms with Gasteiger partial charge < -0.3 is 0 Å². The maximum atomic E-state index is 12.4. The first-order valence-corrected chi connectivity index (χ1v) is 6.15. The Hall–Kier alpha value is -1.54. The van der Waals surface area contributed by atoms with E-state index in [-0.39, 0.29) is 5.92 Å². The molecule has 1 unspecified atom stereocenters. The lowest BCUT2D eigenvalue weighted by molar-refractivity contribution is -0.137. The lowest BCUT2D eigenvalue weighted by Crippen LogP contribution is -2.27. The SMILES string of the molecule is CCN(Cc1ccc(C(F)(F)F)cc1)CC(C)C#N. The van der Waals surface area contributed by atoms with E-state index in [1.165, 1.54) is 12.1 Å². The van der Waals surface area contributed by atoms with Crippen molar-refractivity contribution in [1.82, 2.24) is 4.90 Å². The van der Waals surface area contributed by atoms with Gasteiger partial charge in [0.25, 0.3) is 0 Å². The average Bonchev–Trinajstić information content (AvgIpc) is 2.37. The Bertz CT molecular complexity index is 431. The van der Waals surface area contributed by atoms with E-state index in [0.29, 0.717) is 13.1 Å². The molecule has 0 fully saturated rings. The predicted octanol–water partition coefficient (Wildman–Crippen LogP) is 3.69. The summed E-state index contributed by atoms with van der Waals surface area (Å²) in [6.45, 7) is 5.73. The van der Waals surface area contributed by atoms with Crippen molar-refractivity contribution < 1.29 is 13.2 Å². The van der Waals surface area contributed by atoms with Gasteiger partial charge in [0.05, 0.1) is 17.6 Å². The molecule has 1 rings (SSSR count). The predicted molar refractivity (Wildman–Crippen MR) is 67.2 cm³/mol. The minimum absolute atomic E-state index is 0.0885. The summed E-state index contributed by atoms with van der Waals surface area (Å²) in [5.41, 5.74) is 0.185. The summed E-state index contributed by atoms with van der Waals surface area (Å²) in [5, 5.41) is 8.77. The van der Waals surface area contributed by atoms with Crippen molar-refractivity contribution >= 4 is 0 Å². The molecule has 0 N–H and O–H groups in total. The summed E-state index contributed by atoms with van der Waals surface area (Å²) in [6, 6.07) is 7.32. The fraction of sp³-hybridized carbons (Fsp3) is 0.500. The standard InChI is InChI=1S/C14H17F3N2/c1-3-19(9-11(2)8-18)10-12-4-6-13(7-5-12)14(15,16)17/h4-7,11H,3,9-10H2,1-2H3. The van der Waals surface area contributed by atoms with E-state index in [4.69, 9.17) is 5.26 Å². The molecule has 0 aliphatic carbocycles. The minimum atomic E-state index is -4.29. The van der Waals surface area contributed by atoms with Crippen LogP contribution in [-0.2, 0) is 12.7 Å². The monoisotopic (exact) mass is 270 g/mol. The molecule has 0 aromatic heterocycles. The molecule has 0 heterocycles. The molecule has 1 aromatic carbocycles. The van der Waals surface area contributed by atoms with E-state index in [1.807, 2.05) is 18.7 Å². The Morgan fingerprint density at radius 2 is 1.84 bits per heavy atom. The lowest BCUT2D eigenvalue weighted by Gasteiger charge is -2.21. The molecular weight excluding hydrogens is 253 g/mol. The minimum Gasteiger partial charge on any atom is -0.298 e. The molecule has 2 nitrogen and oxygen atoms in total. The van der Waals surface area contributed by atoms with Crippen molar-refractivity contribution in [3.05, 3.63) is 35.4 Å². The number of alkyl halides is 3. The number of hydrogen-bond donors (Lipinski definition) is 0. The molecule has 0 bridgehead atoms. The van der Waals surface area contributed by atoms with Crippen molar-refractivity contribution in [2.24, 2.45) is 5.92 Å². The second kappa shape index (κ2) is 6.58. The lowest BCUT2D eigenvalue weighted by atomic mass is 10.1. The van der Waals surface area contributed by atoms with Crippen LogP contribution < -0.4 is 0 Å². The van der Waals surface area contributed by atoms with Crippen LogP contribution in [0.2, 0.25) is 0 Å². The van der Waals surface area contributed by atoms with Crippen LogP contribution in [0.5, 0.6) is 0 Å². The summed E-state index contributed by atoms with van der Waals surface area (Å²) in [7, 11) is 0. The molecule has 0 radical (unpaired) electrons. The summed E-state index contributed by atoms with van der Waals surface area (Å²) in [5.74, 6) is -0.0885. The van der Waals surface area contributed by atoms with Gasteiger partial charge in [0.15, 0.2) is 0 Å². The van der Waals surface area contributed by atoms with Crippen molar-refractivity contribution in [1.29, 1.82) is 5.26 Å². The molecule has 0 aliphatic rings. The molecule has 0 amide bonds. The van der Waals surface area contributed by atoms with Crippen molar-refractivity contribution in [2.45, 2.75) is 26.6 Å². The van der Waals surface area contributed by atoms with Gasteiger partial charge in [-0.1, -0.05) is 19.1 Å². The van der Waals surface area contributed by atoms with Crippen LogP contribution in [0.25, 0.3) is 0 Å². The topological polar surface area (TPSA) is 27.0 Å². The van der Waals surface area contributed by atoms with Gasteiger partial charge in [-0.25, -0.2) is 0 Å². The summed E-state index contributed by atoms with van der Waals surface area (Å²) >= 11 is 0. The second-order valence-corrected chi connectivity index (χ2v) is 4.55. The van der Waals surface area contributed by atoms with Crippen LogP contribution >= 0.6 is 0 Å². The molecule has 0 aliphatic heterocycles. The number of halogens is 3. The fourth-order valence-electron chi connectivity index (χ4n) is 1.79. The highest BCUT2D eigenvalue weighted by atomic mass is 19.4. The van der Waals surface area contributed by atoms with E-state index in [1.54, 1.807) is 0 Å². The zero-order valence-corrected chi connectivity index (χ0v) is 11.0. The smallest absolute Gasteiger partial charge is 0.298 e. The van der Waals surface area contributed by atoms with Gasteiger partial charge >= 0.3 is 6.18 Å². The van der Waals surface area contributed by atoms with Crippen LogP contribution in [0.15, 0.2) is 24.3 Å². The highest BCUT2D eigenvalue weighted by molar-refractivity contribution is 5.24. The first-order chi connectivity index (χ1) is 8.86. The highest BCUT2D eigenvalue weighted by Crippen LogP contribution is 2.29. The fourth-order valence-corrected chi connectivity index (χ4v) is 1.79. The number of rotatable bonds is 5. The van der Waals surface area contributed by atoms with E-state index in [0.717, 1.165) is 24.2 Å². The third kappa shape index (κ3) is 4.92. The van der Waals surface area contributed by atoms with E-state index in [2.05, 4.69) is 6.07 Å². The van der Waals surface area contributed by atoms with Gasteiger partial charge in [-0.05, 0) is 31.2 Å². The zero-order valence-electron chi connectivity index (χ0n) is 11.0. The number of nitriles is 1. The Morgan fingerprint density at radius 3 is 2.26 bits per heavy atom. The third-order valence-electron chi connectivity index (χ3n) is 2.89. The average molecular weight is 270 g/mol. The molecule has 1 atom stereocenters. The molecule has 5 heteroatoms. The Balaban J connectivity index is 2.69. The van der Waals surface area contributed by atoms with Crippen LogP contribution in [-0.4, -0.2) is 18.0 Å². The Morgan fingerprint density at radius 1 is 1.26 bits per heavy atom. The normalized spacial score (nSPS) is 13.3. The number of benzene rings is 1. The van der Waals surface area contributed by atoms with Crippen LogP contribution in [0.1, 0.15) is 25.0 Å². The maximum Gasteiger partial charge on any atom is 0.416 e. The van der Waals surface area contributed by atoms with Gasteiger partial charge in [-0.2, -0.15) is 18.4 Å². The molecule has 0 saturated heterocycles. The quantitative estimate of drug-likeness (QED) is 0.816.